The van der Waals surface area contributed by atoms with Crippen molar-refractivity contribution in [3.05, 3.63) is 28.3 Å². The minimum Gasteiger partial charge on any atom is -0.496 e. The summed E-state index contributed by atoms with van der Waals surface area (Å²) in [4.78, 5) is 10.6. The van der Waals surface area contributed by atoms with Gasteiger partial charge in [-0.25, -0.2) is 0 Å². The number of hydrogen-bond acceptors (Lipinski definition) is 5. The van der Waals surface area contributed by atoms with Gasteiger partial charge in [-0.05, 0) is 18.6 Å². The Hall–Kier alpha value is -1.53. The summed E-state index contributed by atoms with van der Waals surface area (Å²) in [6.45, 7) is 2.60. The first-order valence-corrected chi connectivity index (χ1v) is 7.25. The molecule has 7 heteroatoms. The van der Waals surface area contributed by atoms with E-state index in [1.165, 1.54) is 19.2 Å². The van der Waals surface area contributed by atoms with Crippen molar-refractivity contribution in [1.82, 2.24) is 0 Å². The van der Waals surface area contributed by atoms with Crippen molar-refractivity contribution in [1.29, 1.82) is 0 Å². The predicted molar refractivity (Wildman–Crippen MR) is 78.4 cm³/mol. The smallest absolute Gasteiger partial charge is 0.314 e. The number of nitro benzene ring substituents is 1. The molecule has 2 rings (SSSR count). The molecule has 0 radical (unpaired) electrons. The fourth-order valence-electron chi connectivity index (χ4n) is 2.14. The lowest BCUT2D eigenvalue weighted by atomic mass is 9.91. The monoisotopic (exact) mass is 315 g/mol. The van der Waals surface area contributed by atoms with Gasteiger partial charge in [0.25, 0.3) is 0 Å². The summed E-state index contributed by atoms with van der Waals surface area (Å²) in [5.74, 6) is 0.621. The van der Waals surface area contributed by atoms with Crippen LogP contribution in [0.25, 0.3) is 0 Å². The van der Waals surface area contributed by atoms with E-state index in [1.807, 2.05) is 6.92 Å². The SMILES string of the molecule is CCCOC1C(Cl)CC1Oc1ccc(OC)cc1[N+](=O)[O-]. The van der Waals surface area contributed by atoms with Crippen LogP contribution in [-0.2, 0) is 4.74 Å². The fraction of sp³-hybridized carbons (Fsp3) is 0.571. The molecular weight excluding hydrogens is 298 g/mol. The van der Waals surface area contributed by atoms with Gasteiger partial charge in [-0.15, -0.1) is 11.6 Å². The normalized spacial score (nSPS) is 24.2. The van der Waals surface area contributed by atoms with Gasteiger partial charge in [0.05, 0.1) is 23.5 Å². The van der Waals surface area contributed by atoms with Crippen LogP contribution in [0.2, 0.25) is 0 Å². The highest BCUT2D eigenvalue weighted by molar-refractivity contribution is 6.21. The number of methoxy groups -OCH3 is 1. The van der Waals surface area contributed by atoms with Crippen LogP contribution < -0.4 is 9.47 Å². The Kier molecular flexibility index (Phi) is 5.25. The van der Waals surface area contributed by atoms with Crippen LogP contribution in [0.15, 0.2) is 18.2 Å². The molecule has 1 saturated carbocycles. The average molecular weight is 316 g/mol. The van der Waals surface area contributed by atoms with Crippen LogP contribution >= 0.6 is 11.6 Å². The molecule has 1 aliphatic rings. The van der Waals surface area contributed by atoms with Gasteiger partial charge in [-0.2, -0.15) is 0 Å². The quantitative estimate of drug-likeness (QED) is 0.439. The van der Waals surface area contributed by atoms with E-state index in [0.29, 0.717) is 18.8 Å². The second kappa shape index (κ2) is 6.95. The van der Waals surface area contributed by atoms with E-state index in [1.54, 1.807) is 6.07 Å². The number of hydrogen-bond donors (Lipinski definition) is 0. The van der Waals surface area contributed by atoms with Crippen LogP contribution in [0.5, 0.6) is 11.5 Å². The van der Waals surface area contributed by atoms with Crippen molar-refractivity contribution in [3.63, 3.8) is 0 Å². The van der Waals surface area contributed by atoms with Crippen LogP contribution in [0, 0.1) is 10.1 Å². The first kappa shape index (κ1) is 15.9. The van der Waals surface area contributed by atoms with Gasteiger partial charge in [0.1, 0.15) is 18.0 Å². The van der Waals surface area contributed by atoms with E-state index in [-0.39, 0.29) is 29.0 Å². The maximum absolute atomic E-state index is 11.1. The summed E-state index contributed by atoms with van der Waals surface area (Å²) < 4.78 is 16.3. The third kappa shape index (κ3) is 3.57. The van der Waals surface area contributed by atoms with E-state index in [2.05, 4.69) is 0 Å². The van der Waals surface area contributed by atoms with Gasteiger partial charge >= 0.3 is 5.69 Å². The topological polar surface area (TPSA) is 70.8 Å². The largest absolute Gasteiger partial charge is 0.496 e. The molecule has 3 unspecified atom stereocenters. The molecule has 0 bridgehead atoms. The molecule has 116 valence electrons. The first-order chi connectivity index (χ1) is 10.1. The zero-order valence-electron chi connectivity index (χ0n) is 12.0. The van der Waals surface area contributed by atoms with E-state index < -0.39 is 4.92 Å². The average Bonchev–Trinajstić information content (AvgIpc) is 2.47. The second-order valence-electron chi connectivity index (χ2n) is 4.83. The number of ether oxygens (including phenoxy) is 3. The minimum absolute atomic E-state index is 0.112. The van der Waals surface area contributed by atoms with Gasteiger partial charge in [0, 0.05) is 13.0 Å². The summed E-state index contributed by atoms with van der Waals surface area (Å²) in [6, 6.07) is 4.50. The Morgan fingerprint density at radius 2 is 2.24 bits per heavy atom. The summed E-state index contributed by atoms with van der Waals surface area (Å²) in [5.41, 5.74) is -0.124. The maximum atomic E-state index is 11.1. The number of nitro groups is 1. The minimum atomic E-state index is -0.489. The Morgan fingerprint density at radius 1 is 1.48 bits per heavy atom. The molecule has 0 N–H and O–H groups in total. The van der Waals surface area contributed by atoms with Crippen molar-refractivity contribution < 1.29 is 19.1 Å². The van der Waals surface area contributed by atoms with Crippen molar-refractivity contribution >= 4 is 17.3 Å². The van der Waals surface area contributed by atoms with Gasteiger partial charge in [-0.1, -0.05) is 6.92 Å². The Morgan fingerprint density at radius 3 is 2.81 bits per heavy atom. The lowest BCUT2D eigenvalue weighted by molar-refractivity contribution is -0.386. The van der Waals surface area contributed by atoms with Gasteiger partial charge < -0.3 is 14.2 Å². The molecule has 1 aromatic carbocycles. The van der Waals surface area contributed by atoms with E-state index in [9.17, 15) is 10.1 Å². The van der Waals surface area contributed by atoms with Crippen LogP contribution in [0.4, 0.5) is 5.69 Å². The Bertz CT molecular complexity index is 510. The number of alkyl halides is 1. The van der Waals surface area contributed by atoms with Gasteiger partial charge in [-0.3, -0.25) is 10.1 Å². The highest BCUT2D eigenvalue weighted by Crippen LogP contribution is 2.37. The fourth-order valence-corrected chi connectivity index (χ4v) is 2.55. The van der Waals surface area contributed by atoms with Crippen LogP contribution in [0.3, 0.4) is 0 Å². The molecule has 6 nitrogen and oxygen atoms in total. The molecular formula is C14H18ClNO5. The summed E-state index contributed by atoms with van der Waals surface area (Å²) in [6.07, 6.45) is 1.01. The lowest BCUT2D eigenvalue weighted by Gasteiger charge is -2.40. The van der Waals surface area contributed by atoms with E-state index in [4.69, 9.17) is 25.8 Å². The van der Waals surface area contributed by atoms with E-state index >= 15 is 0 Å². The predicted octanol–water partition coefficient (Wildman–Crippen LogP) is 3.16. The number of benzene rings is 1. The highest BCUT2D eigenvalue weighted by Gasteiger charge is 2.43. The van der Waals surface area contributed by atoms with Crippen molar-refractivity contribution in [2.45, 2.75) is 37.4 Å². The number of rotatable bonds is 7. The van der Waals surface area contributed by atoms with Gasteiger partial charge in [0.2, 0.25) is 0 Å². The molecule has 0 aromatic heterocycles. The second-order valence-corrected chi connectivity index (χ2v) is 5.39. The third-order valence-electron chi connectivity index (χ3n) is 3.34. The standard InChI is InChI=1S/C14H18ClNO5/c1-3-6-20-14-10(15)8-13(14)21-12-5-4-9(19-2)7-11(12)16(17)18/h4-5,7,10,13-14H,3,6,8H2,1-2H3. The van der Waals surface area contributed by atoms with Gasteiger partial charge in [0.15, 0.2) is 5.75 Å². The molecule has 1 aliphatic carbocycles. The summed E-state index contributed by atoms with van der Waals surface area (Å²) in [5, 5.41) is 11.0. The van der Waals surface area contributed by atoms with Crippen LogP contribution in [-0.4, -0.2) is 36.2 Å². The molecule has 21 heavy (non-hydrogen) atoms. The molecule has 0 amide bonds. The zero-order valence-corrected chi connectivity index (χ0v) is 12.7. The zero-order chi connectivity index (χ0) is 15.4. The first-order valence-electron chi connectivity index (χ1n) is 6.81. The van der Waals surface area contributed by atoms with Crippen molar-refractivity contribution in [2.75, 3.05) is 13.7 Å². The molecule has 0 aliphatic heterocycles. The molecule has 3 atom stereocenters. The molecule has 1 aromatic rings. The van der Waals surface area contributed by atoms with Crippen molar-refractivity contribution in [3.8, 4) is 11.5 Å². The Labute approximate surface area is 128 Å². The molecule has 0 spiro atoms. The molecule has 1 fully saturated rings. The highest BCUT2D eigenvalue weighted by atomic mass is 35.5. The van der Waals surface area contributed by atoms with E-state index in [0.717, 1.165) is 6.42 Å². The van der Waals surface area contributed by atoms with Crippen LogP contribution in [0.1, 0.15) is 19.8 Å². The summed E-state index contributed by atoms with van der Waals surface area (Å²) in [7, 11) is 1.46. The number of halogens is 1. The molecule has 0 saturated heterocycles. The third-order valence-corrected chi connectivity index (χ3v) is 3.76. The number of nitrogens with zero attached hydrogens (tertiary/aromatic N) is 1. The lowest BCUT2D eigenvalue weighted by Crippen LogP contribution is -2.52. The molecule has 0 heterocycles. The maximum Gasteiger partial charge on any atom is 0.314 e. The summed E-state index contributed by atoms with van der Waals surface area (Å²) >= 11 is 6.10. The van der Waals surface area contributed by atoms with Crippen molar-refractivity contribution in [2.24, 2.45) is 0 Å². The Balaban J connectivity index is 2.10.